The number of aromatic nitrogens is 2. The average molecular weight is 335 g/mol. The quantitative estimate of drug-likeness (QED) is 0.762. The van der Waals surface area contributed by atoms with Gasteiger partial charge in [-0.3, -0.25) is 15.1 Å². The van der Waals surface area contributed by atoms with Crippen LogP contribution < -0.4 is 15.4 Å². The first-order valence-corrected chi connectivity index (χ1v) is 7.82. The Bertz CT molecular complexity index is 806. The van der Waals surface area contributed by atoms with Crippen molar-refractivity contribution in [2.24, 2.45) is 0 Å². The van der Waals surface area contributed by atoms with Crippen molar-refractivity contribution in [1.82, 2.24) is 14.7 Å². The van der Waals surface area contributed by atoms with Crippen LogP contribution >= 0.6 is 0 Å². The molecule has 1 heterocycles. The Morgan fingerprint density at radius 1 is 1.04 bits per heavy atom. The third-order valence-corrected chi connectivity index (χ3v) is 3.95. The monoisotopic (exact) mass is 335 g/mol. The molecule has 0 fully saturated rings. The molecule has 0 radical (unpaired) electrons. The van der Waals surface area contributed by atoms with Crippen LogP contribution in [-0.4, -0.2) is 30.3 Å². The third-order valence-electron chi connectivity index (χ3n) is 2.51. The number of benzene rings is 1. The van der Waals surface area contributed by atoms with E-state index in [-0.39, 0.29) is 10.7 Å². The standard InChI is InChI=1S/C13H13N5O4S/c1-9(19)18-23(21,22)11-4-2-10(3-5-11)16-13(20)17-12-8-14-6-7-15-12/h2-8H,1H3,(H,18,19)(H2,15,16,17,20). The lowest BCUT2D eigenvalue weighted by Gasteiger charge is -2.08. The van der Waals surface area contributed by atoms with Crippen molar-refractivity contribution in [1.29, 1.82) is 0 Å². The van der Waals surface area contributed by atoms with Gasteiger partial charge in [0, 0.05) is 25.0 Å². The molecule has 0 saturated carbocycles. The lowest BCUT2D eigenvalue weighted by atomic mass is 10.3. The van der Waals surface area contributed by atoms with Crippen LogP contribution in [0.3, 0.4) is 0 Å². The van der Waals surface area contributed by atoms with Gasteiger partial charge in [-0.25, -0.2) is 22.9 Å². The van der Waals surface area contributed by atoms with Crippen molar-refractivity contribution in [2.45, 2.75) is 11.8 Å². The molecule has 10 heteroatoms. The summed E-state index contributed by atoms with van der Waals surface area (Å²) in [5.74, 6) is -0.412. The highest BCUT2D eigenvalue weighted by molar-refractivity contribution is 7.90. The molecule has 23 heavy (non-hydrogen) atoms. The first kappa shape index (κ1) is 16.4. The Morgan fingerprint density at radius 3 is 2.30 bits per heavy atom. The Kier molecular flexibility index (Phi) is 4.86. The fourth-order valence-corrected chi connectivity index (χ4v) is 2.60. The molecule has 3 N–H and O–H groups in total. The molecule has 0 spiro atoms. The van der Waals surface area contributed by atoms with E-state index in [1.54, 1.807) is 0 Å². The Labute approximate surface area is 132 Å². The van der Waals surface area contributed by atoms with Gasteiger partial charge in [0.25, 0.3) is 10.0 Å². The molecule has 9 nitrogen and oxygen atoms in total. The highest BCUT2D eigenvalue weighted by atomic mass is 32.2. The number of sulfonamides is 1. The van der Waals surface area contributed by atoms with Crippen molar-refractivity contribution < 1.29 is 18.0 Å². The van der Waals surface area contributed by atoms with E-state index in [0.717, 1.165) is 6.92 Å². The van der Waals surface area contributed by atoms with Gasteiger partial charge in [-0.15, -0.1) is 0 Å². The minimum atomic E-state index is -3.90. The molecule has 120 valence electrons. The summed E-state index contributed by atoms with van der Waals surface area (Å²) in [6.07, 6.45) is 4.28. The summed E-state index contributed by atoms with van der Waals surface area (Å²) in [6, 6.07) is 4.77. The molecular weight excluding hydrogens is 322 g/mol. The summed E-state index contributed by atoms with van der Waals surface area (Å²) < 4.78 is 25.4. The number of hydrogen-bond donors (Lipinski definition) is 3. The van der Waals surface area contributed by atoms with Crippen molar-refractivity contribution in [3.05, 3.63) is 42.9 Å². The molecule has 2 aromatic rings. The summed E-state index contributed by atoms with van der Waals surface area (Å²) in [5, 5.41) is 4.97. The fraction of sp³-hybridized carbons (Fsp3) is 0.0769. The smallest absolute Gasteiger partial charge is 0.308 e. The molecule has 1 aromatic carbocycles. The van der Waals surface area contributed by atoms with Crippen LogP contribution in [0.2, 0.25) is 0 Å². The summed E-state index contributed by atoms with van der Waals surface area (Å²) in [7, 11) is -3.90. The lowest BCUT2D eigenvalue weighted by molar-refractivity contribution is -0.117. The third kappa shape index (κ3) is 4.74. The molecule has 0 bridgehead atoms. The summed E-state index contributed by atoms with van der Waals surface area (Å²) in [4.78, 5) is 30.2. The van der Waals surface area contributed by atoms with Gasteiger partial charge < -0.3 is 5.32 Å². The van der Waals surface area contributed by atoms with Crippen LogP contribution in [0.15, 0.2) is 47.8 Å². The van der Waals surface area contributed by atoms with Crippen LogP contribution in [-0.2, 0) is 14.8 Å². The number of rotatable bonds is 4. The van der Waals surface area contributed by atoms with Gasteiger partial charge in [-0.1, -0.05) is 0 Å². The minimum absolute atomic E-state index is 0.0902. The maximum atomic E-state index is 11.8. The van der Waals surface area contributed by atoms with Crippen molar-refractivity contribution in [3.63, 3.8) is 0 Å². The Balaban J connectivity index is 2.03. The van der Waals surface area contributed by atoms with E-state index < -0.39 is 22.0 Å². The number of urea groups is 1. The van der Waals surface area contributed by atoms with Crippen LogP contribution in [0, 0.1) is 0 Å². The van der Waals surface area contributed by atoms with E-state index in [0.29, 0.717) is 5.69 Å². The molecule has 0 aliphatic rings. The number of hydrogen-bond acceptors (Lipinski definition) is 6. The zero-order valence-electron chi connectivity index (χ0n) is 12.0. The first-order chi connectivity index (χ1) is 10.9. The second-order valence-electron chi connectivity index (χ2n) is 4.36. The zero-order valence-corrected chi connectivity index (χ0v) is 12.8. The maximum Gasteiger partial charge on any atom is 0.324 e. The van der Waals surface area contributed by atoms with E-state index >= 15 is 0 Å². The summed E-state index contributed by atoms with van der Waals surface area (Å²) >= 11 is 0. The second kappa shape index (κ2) is 6.83. The predicted octanol–water partition coefficient (Wildman–Crippen LogP) is 0.945. The SMILES string of the molecule is CC(=O)NS(=O)(=O)c1ccc(NC(=O)Nc2cnccn2)cc1. The number of anilines is 2. The van der Waals surface area contributed by atoms with Gasteiger partial charge in [0.2, 0.25) is 5.91 Å². The van der Waals surface area contributed by atoms with Gasteiger partial charge in [-0.2, -0.15) is 0 Å². The van der Waals surface area contributed by atoms with Crippen molar-refractivity contribution in [2.75, 3.05) is 10.6 Å². The molecule has 0 aliphatic carbocycles. The van der Waals surface area contributed by atoms with Crippen molar-refractivity contribution >= 4 is 33.5 Å². The topological polar surface area (TPSA) is 130 Å². The number of amides is 3. The van der Waals surface area contributed by atoms with Crippen molar-refractivity contribution in [3.8, 4) is 0 Å². The van der Waals surface area contributed by atoms with Crippen LogP contribution in [0.1, 0.15) is 6.92 Å². The van der Waals surface area contributed by atoms with E-state index in [1.807, 2.05) is 4.72 Å². The van der Waals surface area contributed by atoms with E-state index in [9.17, 15) is 18.0 Å². The Hall–Kier alpha value is -3.01. The van der Waals surface area contributed by atoms with E-state index in [2.05, 4.69) is 20.6 Å². The zero-order chi connectivity index (χ0) is 16.9. The number of nitrogens with one attached hydrogen (secondary N) is 3. The number of carbonyl (C=O) groups excluding carboxylic acids is 2. The van der Waals surface area contributed by atoms with Crippen LogP contribution in [0.4, 0.5) is 16.3 Å². The second-order valence-corrected chi connectivity index (χ2v) is 6.04. The molecule has 0 atom stereocenters. The number of carbonyl (C=O) groups is 2. The highest BCUT2D eigenvalue weighted by Crippen LogP contribution is 2.14. The van der Waals surface area contributed by atoms with Gasteiger partial charge in [0.15, 0.2) is 5.82 Å². The molecule has 0 saturated heterocycles. The largest absolute Gasteiger partial charge is 0.324 e. The fourth-order valence-electron chi connectivity index (χ4n) is 1.61. The predicted molar refractivity (Wildman–Crippen MR) is 82.1 cm³/mol. The van der Waals surface area contributed by atoms with Gasteiger partial charge in [0.05, 0.1) is 11.1 Å². The molecule has 3 amide bonds. The average Bonchev–Trinajstić information content (AvgIpc) is 2.47. The molecular formula is C13H13N5O4S. The van der Waals surface area contributed by atoms with E-state index in [1.165, 1.54) is 42.9 Å². The number of nitrogens with zero attached hydrogens (tertiary/aromatic N) is 2. The van der Waals surface area contributed by atoms with Gasteiger partial charge >= 0.3 is 6.03 Å². The van der Waals surface area contributed by atoms with Crippen LogP contribution in [0.25, 0.3) is 0 Å². The first-order valence-electron chi connectivity index (χ1n) is 6.34. The van der Waals surface area contributed by atoms with Crippen LogP contribution in [0.5, 0.6) is 0 Å². The highest BCUT2D eigenvalue weighted by Gasteiger charge is 2.15. The lowest BCUT2D eigenvalue weighted by Crippen LogP contribution is -2.28. The van der Waals surface area contributed by atoms with Gasteiger partial charge in [-0.05, 0) is 24.3 Å². The Morgan fingerprint density at radius 2 is 1.74 bits per heavy atom. The molecule has 2 rings (SSSR count). The summed E-state index contributed by atoms with van der Waals surface area (Å²) in [5.41, 5.74) is 0.369. The van der Waals surface area contributed by atoms with E-state index in [4.69, 9.17) is 0 Å². The normalized spacial score (nSPS) is 10.7. The molecule has 1 aromatic heterocycles. The summed E-state index contributed by atoms with van der Waals surface area (Å²) in [6.45, 7) is 1.10. The van der Waals surface area contributed by atoms with Gasteiger partial charge in [0.1, 0.15) is 0 Å². The molecule has 0 unspecified atom stereocenters. The molecule has 0 aliphatic heterocycles. The maximum absolute atomic E-state index is 11.8. The minimum Gasteiger partial charge on any atom is -0.308 e.